The van der Waals surface area contributed by atoms with Crippen LogP contribution >= 0.6 is 0 Å². The van der Waals surface area contributed by atoms with E-state index in [-0.39, 0.29) is 6.42 Å². The standard InChI is InChI=1S/C19H23N3O3.2C2H2O4/c1-19(2,16-8-6-11-21-14-16)18(15-7-5-10-20-13-15)22-25-12-4-3-9-17(23)24;2*3-1(4)2(5)6/h5-8,10-11,13-14H,3-4,9,12H2,1-2H3,(H,23,24);2*(H,3,4)(H,5,6). The van der Waals surface area contributed by atoms with E-state index in [1.807, 2.05) is 30.5 Å². The van der Waals surface area contributed by atoms with Crippen LogP contribution in [-0.4, -0.2) is 77.7 Å². The predicted molar refractivity (Wildman–Crippen MR) is 126 cm³/mol. The Morgan fingerprint density at radius 3 is 1.73 bits per heavy atom. The van der Waals surface area contributed by atoms with Crippen LogP contribution < -0.4 is 0 Å². The second-order valence-electron chi connectivity index (χ2n) is 7.45. The predicted octanol–water partition coefficient (Wildman–Crippen LogP) is 1.74. The first kappa shape index (κ1) is 32.1. The highest BCUT2D eigenvalue weighted by atomic mass is 16.6. The van der Waals surface area contributed by atoms with Gasteiger partial charge < -0.3 is 30.4 Å². The lowest BCUT2D eigenvalue weighted by molar-refractivity contribution is -0.159. The third kappa shape index (κ3) is 13.6. The van der Waals surface area contributed by atoms with E-state index in [0.29, 0.717) is 19.4 Å². The number of carboxylic acids is 5. The molecule has 0 aliphatic carbocycles. The van der Waals surface area contributed by atoms with Crippen molar-refractivity contribution in [2.45, 2.75) is 38.5 Å². The summed E-state index contributed by atoms with van der Waals surface area (Å²) in [6, 6.07) is 7.70. The van der Waals surface area contributed by atoms with Gasteiger partial charge in [0.05, 0.1) is 5.71 Å². The number of aliphatic carboxylic acids is 5. The van der Waals surface area contributed by atoms with E-state index in [1.54, 1.807) is 18.6 Å². The second kappa shape index (κ2) is 16.7. The maximum absolute atomic E-state index is 10.5. The number of pyridine rings is 2. The first-order chi connectivity index (χ1) is 17.3. The van der Waals surface area contributed by atoms with Gasteiger partial charge in [0, 0.05) is 42.2 Å². The van der Waals surface area contributed by atoms with Gasteiger partial charge in [-0.3, -0.25) is 14.8 Å². The molecule has 2 aromatic heterocycles. The van der Waals surface area contributed by atoms with E-state index >= 15 is 0 Å². The van der Waals surface area contributed by atoms with Gasteiger partial charge in [-0.25, -0.2) is 19.2 Å². The summed E-state index contributed by atoms with van der Waals surface area (Å²) in [5.74, 6) is -8.09. The lowest BCUT2D eigenvalue weighted by Crippen LogP contribution is -2.30. The molecule has 0 bridgehead atoms. The van der Waals surface area contributed by atoms with Gasteiger partial charge in [0.2, 0.25) is 0 Å². The number of hydrogen-bond acceptors (Lipinski definition) is 9. The molecular weight excluding hydrogens is 494 g/mol. The Kier molecular flexibility index (Phi) is 14.5. The molecule has 2 aromatic rings. The van der Waals surface area contributed by atoms with Gasteiger partial charge in [-0.2, -0.15) is 0 Å². The number of carboxylic acid groups (broad SMARTS) is 5. The Hall–Kier alpha value is -4.88. The van der Waals surface area contributed by atoms with Crippen molar-refractivity contribution in [2.75, 3.05) is 6.61 Å². The van der Waals surface area contributed by atoms with E-state index in [2.05, 4.69) is 29.0 Å². The van der Waals surface area contributed by atoms with Crippen LogP contribution in [0.2, 0.25) is 0 Å². The zero-order valence-electron chi connectivity index (χ0n) is 20.0. The van der Waals surface area contributed by atoms with Crippen LogP contribution in [-0.2, 0) is 34.2 Å². The van der Waals surface area contributed by atoms with Crippen LogP contribution in [0.3, 0.4) is 0 Å². The average molecular weight is 521 g/mol. The fourth-order valence-corrected chi connectivity index (χ4v) is 2.45. The summed E-state index contributed by atoms with van der Waals surface area (Å²) < 4.78 is 0. The third-order valence-corrected chi connectivity index (χ3v) is 4.31. The van der Waals surface area contributed by atoms with Gasteiger partial charge in [-0.1, -0.05) is 11.2 Å². The van der Waals surface area contributed by atoms with Crippen molar-refractivity contribution in [3.63, 3.8) is 0 Å². The quantitative estimate of drug-likeness (QED) is 0.137. The fraction of sp³-hybridized carbons (Fsp3) is 0.304. The number of aromatic nitrogens is 2. The molecule has 5 N–H and O–H groups in total. The summed E-state index contributed by atoms with van der Waals surface area (Å²) in [5.41, 5.74) is 2.24. The molecule has 2 heterocycles. The van der Waals surface area contributed by atoms with Crippen LogP contribution in [0.1, 0.15) is 44.2 Å². The fourth-order valence-electron chi connectivity index (χ4n) is 2.45. The molecule has 0 saturated heterocycles. The molecule has 0 aliphatic heterocycles. The van der Waals surface area contributed by atoms with Gasteiger partial charge in [-0.05, 0) is 50.5 Å². The Bertz CT molecular complexity index is 1020. The number of nitrogens with zero attached hydrogens (tertiary/aromatic N) is 3. The Labute approximate surface area is 210 Å². The summed E-state index contributed by atoms with van der Waals surface area (Å²) in [6.45, 7) is 4.49. The number of rotatable bonds is 9. The van der Waals surface area contributed by atoms with Crippen molar-refractivity contribution in [1.82, 2.24) is 9.97 Å². The van der Waals surface area contributed by atoms with Crippen molar-refractivity contribution in [3.8, 4) is 0 Å². The van der Waals surface area contributed by atoms with E-state index in [4.69, 9.17) is 49.5 Å². The second-order valence-corrected chi connectivity index (χ2v) is 7.45. The van der Waals surface area contributed by atoms with Gasteiger partial charge in [0.15, 0.2) is 0 Å². The zero-order chi connectivity index (χ0) is 28.4. The molecule has 14 heteroatoms. The molecule has 0 aromatic carbocycles. The molecule has 200 valence electrons. The lowest BCUT2D eigenvalue weighted by Gasteiger charge is -2.26. The molecule has 0 radical (unpaired) electrons. The van der Waals surface area contributed by atoms with E-state index in [9.17, 15) is 4.79 Å². The highest BCUT2D eigenvalue weighted by molar-refractivity contribution is 6.27. The van der Waals surface area contributed by atoms with Crippen LogP contribution in [0.25, 0.3) is 0 Å². The Morgan fingerprint density at radius 2 is 1.32 bits per heavy atom. The molecule has 0 amide bonds. The number of oxime groups is 1. The summed E-state index contributed by atoms with van der Waals surface area (Å²) in [6.07, 6.45) is 8.38. The van der Waals surface area contributed by atoms with Crippen LogP contribution in [0.5, 0.6) is 0 Å². The molecule has 37 heavy (non-hydrogen) atoms. The summed E-state index contributed by atoms with van der Waals surface area (Å²) in [5, 5.41) is 42.6. The summed E-state index contributed by atoms with van der Waals surface area (Å²) >= 11 is 0. The van der Waals surface area contributed by atoms with Crippen molar-refractivity contribution in [3.05, 3.63) is 60.2 Å². The molecular formula is C23H27N3O11. The normalized spacial score (nSPS) is 10.5. The minimum absolute atomic E-state index is 0.143. The van der Waals surface area contributed by atoms with Gasteiger partial charge in [-0.15, -0.1) is 0 Å². The molecule has 0 unspecified atom stereocenters. The topological polar surface area (TPSA) is 234 Å². The van der Waals surface area contributed by atoms with E-state index in [0.717, 1.165) is 16.8 Å². The largest absolute Gasteiger partial charge is 0.481 e. The highest BCUT2D eigenvalue weighted by Crippen LogP contribution is 2.28. The SMILES string of the molecule is CC(C)(C(=NOCCCCC(=O)O)c1cccnc1)c1cccnc1.O=C(O)C(=O)O.O=C(O)C(=O)O. The Morgan fingerprint density at radius 1 is 0.811 bits per heavy atom. The highest BCUT2D eigenvalue weighted by Gasteiger charge is 2.30. The van der Waals surface area contributed by atoms with Gasteiger partial charge in [0.25, 0.3) is 0 Å². The maximum atomic E-state index is 10.5. The van der Waals surface area contributed by atoms with Gasteiger partial charge in [0.1, 0.15) is 6.61 Å². The molecule has 0 saturated carbocycles. The zero-order valence-corrected chi connectivity index (χ0v) is 20.0. The maximum Gasteiger partial charge on any atom is 0.414 e. The minimum Gasteiger partial charge on any atom is -0.481 e. The first-order valence-electron chi connectivity index (χ1n) is 10.5. The van der Waals surface area contributed by atoms with Crippen molar-refractivity contribution >= 4 is 35.6 Å². The smallest absolute Gasteiger partial charge is 0.414 e. The third-order valence-electron chi connectivity index (χ3n) is 4.31. The number of hydrogen-bond donors (Lipinski definition) is 5. The number of carbonyl (C=O) groups is 5. The average Bonchev–Trinajstić information content (AvgIpc) is 2.85. The molecule has 14 nitrogen and oxygen atoms in total. The summed E-state index contributed by atoms with van der Waals surface area (Å²) in [4.78, 5) is 60.8. The first-order valence-corrected chi connectivity index (χ1v) is 10.5. The molecule has 2 rings (SSSR count). The molecule has 0 spiro atoms. The van der Waals surface area contributed by atoms with Crippen molar-refractivity contribution in [1.29, 1.82) is 0 Å². The minimum atomic E-state index is -1.82. The van der Waals surface area contributed by atoms with E-state index < -0.39 is 35.3 Å². The molecule has 0 atom stereocenters. The van der Waals surface area contributed by atoms with Gasteiger partial charge >= 0.3 is 29.8 Å². The Balaban J connectivity index is 0.000000896. The summed E-state index contributed by atoms with van der Waals surface area (Å²) in [7, 11) is 0. The van der Waals surface area contributed by atoms with Crippen molar-refractivity contribution in [2.24, 2.45) is 5.16 Å². The van der Waals surface area contributed by atoms with Crippen molar-refractivity contribution < 1.29 is 54.3 Å². The molecule has 0 aliphatic rings. The van der Waals surface area contributed by atoms with Crippen LogP contribution in [0.15, 0.2) is 54.2 Å². The number of unbranched alkanes of at least 4 members (excludes halogenated alkanes) is 1. The van der Waals surface area contributed by atoms with Crippen LogP contribution in [0.4, 0.5) is 0 Å². The lowest BCUT2D eigenvalue weighted by atomic mass is 9.78. The monoisotopic (exact) mass is 521 g/mol. The molecule has 0 fully saturated rings. The van der Waals surface area contributed by atoms with E-state index in [1.165, 1.54) is 0 Å². The van der Waals surface area contributed by atoms with Crippen LogP contribution in [0, 0.1) is 0 Å².